The van der Waals surface area contributed by atoms with Crippen molar-refractivity contribution in [2.75, 3.05) is 6.61 Å². The van der Waals surface area contributed by atoms with Crippen LogP contribution in [0, 0.1) is 0 Å². The van der Waals surface area contributed by atoms with Crippen LogP contribution >= 0.6 is 34.8 Å². The van der Waals surface area contributed by atoms with E-state index in [0.717, 1.165) is 0 Å². The zero-order valence-corrected chi connectivity index (χ0v) is 8.96. The molecule has 0 amide bonds. The van der Waals surface area contributed by atoms with Gasteiger partial charge in [-0.2, -0.15) is 0 Å². The highest BCUT2D eigenvalue weighted by molar-refractivity contribution is 6.34. The van der Waals surface area contributed by atoms with E-state index in [0.29, 0.717) is 20.8 Å². The van der Waals surface area contributed by atoms with Crippen LogP contribution in [-0.2, 0) is 0 Å². The van der Waals surface area contributed by atoms with E-state index in [-0.39, 0.29) is 6.61 Å². The second-order valence-electron chi connectivity index (χ2n) is 2.41. The molecule has 0 heterocycles. The molecule has 0 aliphatic heterocycles. The van der Waals surface area contributed by atoms with Crippen molar-refractivity contribution >= 4 is 34.8 Å². The number of hydrogen-bond acceptors (Lipinski definition) is 1. The van der Waals surface area contributed by atoms with E-state index in [1.54, 1.807) is 18.2 Å². The number of rotatable bonds is 3. The molecular formula is C9H7Cl3O. The number of ether oxygens (including phenoxy) is 1. The SMILES string of the molecule is C=C(Cl)COc1cc(Cl)cc(Cl)c1. The Morgan fingerprint density at radius 3 is 2.23 bits per heavy atom. The molecule has 1 aromatic carbocycles. The van der Waals surface area contributed by atoms with Crippen LogP contribution in [0.1, 0.15) is 0 Å². The predicted molar refractivity (Wildman–Crippen MR) is 57.0 cm³/mol. The van der Waals surface area contributed by atoms with Crippen LogP contribution in [0.5, 0.6) is 5.75 Å². The normalized spacial score (nSPS) is 9.77. The second kappa shape index (κ2) is 4.75. The maximum absolute atomic E-state index is 5.75. The summed E-state index contributed by atoms with van der Waals surface area (Å²) in [6.07, 6.45) is 0. The fraction of sp³-hybridized carbons (Fsp3) is 0.111. The molecule has 0 fully saturated rings. The summed E-state index contributed by atoms with van der Waals surface area (Å²) in [4.78, 5) is 0. The Hall–Kier alpha value is -0.370. The van der Waals surface area contributed by atoms with Crippen LogP contribution in [-0.4, -0.2) is 6.61 Å². The van der Waals surface area contributed by atoms with Gasteiger partial charge < -0.3 is 4.74 Å². The maximum Gasteiger partial charge on any atom is 0.123 e. The quantitative estimate of drug-likeness (QED) is 0.768. The first-order valence-corrected chi connectivity index (χ1v) is 4.63. The van der Waals surface area contributed by atoms with E-state index in [2.05, 4.69) is 6.58 Å². The minimum absolute atomic E-state index is 0.248. The van der Waals surface area contributed by atoms with Gasteiger partial charge in [-0.25, -0.2) is 0 Å². The lowest BCUT2D eigenvalue weighted by Crippen LogP contribution is -1.95. The number of hydrogen-bond donors (Lipinski definition) is 0. The van der Waals surface area contributed by atoms with Gasteiger partial charge in [0, 0.05) is 15.1 Å². The van der Waals surface area contributed by atoms with E-state index >= 15 is 0 Å². The summed E-state index contributed by atoms with van der Waals surface area (Å²) in [5.74, 6) is 0.583. The molecule has 0 saturated carbocycles. The van der Waals surface area contributed by atoms with Gasteiger partial charge in [-0.05, 0) is 18.2 Å². The molecule has 0 aliphatic rings. The zero-order chi connectivity index (χ0) is 9.84. The molecule has 1 rings (SSSR count). The monoisotopic (exact) mass is 236 g/mol. The predicted octanol–water partition coefficient (Wildman–Crippen LogP) is 4.12. The van der Waals surface area contributed by atoms with Gasteiger partial charge >= 0.3 is 0 Å². The lowest BCUT2D eigenvalue weighted by molar-refractivity contribution is 0.359. The molecule has 13 heavy (non-hydrogen) atoms. The van der Waals surface area contributed by atoms with Crippen LogP contribution in [0.2, 0.25) is 10.0 Å². The van der Waals surface area contributed by atoms with Gasteiger partial charge in [0.25, 0.3) is 0 Å². The smallest absolute Gasteiger partial charge is 0.123 e. The standard InChI is InChI=1S/C9H7Cl3O/c1-6(10)5-13-9-3-7(11)2-8(12)4-9/h2-4H,1,5H2. The van der Waals surface area contributed by atoms with Crippen molar-refractivity contribution in [2.24, 2.45) is 0 Å². The van der Waals surface area contributed by atoms with Crippen LogP contribution in [0.4, 0.5) is 0 Å². The third-order valence-electron chi connectivity index (χ3n) is 1.23. The van der Waals surface area contributed by atoms with Crippen molar-refractivity contribution in [1.82, 2.24) is 0 Å². The van der Waals surface area contributed by atoms with Crippen molar-refractivity contribution in [3.8, 4) is 5.75 Å². The highest BCUT2D eigenvalue weighted by Crippen LogP contribution is 2.24. The van der Waals surface area contributed by atoms with Crippen molar-refractivity contribution in [1.29, 1.82) is 0 Å². The summed E-state index contributed by atoms with van der Waals surface area (Å²) in [7, 11) is 0. The van der Waals surface area contributed by atoms with Gasteiger partial charge in [-0.15, -0.1) is 0 Å². The molecule has 0 radical (unpaired) electrons. The lowest BCUT2D eigenvalue weighted by atomic mass is 10.3. The summed E-state index contributed by atoms with van der Waals surface area (Å²) >= 11 is 17.0. The molecule has 0 atom stereocenters. The third-order valence-corrected chi connectivity index (χ3v) is 1.78. The number of halogens is 3. The molecule has 0 saturated heterocycles. The summed E-state index contributed by atoms with van der Waals surface area (Å²) in [5.41, 5.74) is 0. The first-order valence-electron chi connectivity index (χ1n) is 3.50. The molecule has 0 aromatic heterocycles. The van der Waals surface area contributed by atoms with Crippen molar-refractivity contribution in [3.05, 3.63) is 39.9 Å². The Balaban J connectivity index is 2.71. The molecule has 0 bridgehead atoms. The molecule has 0 aliphatic carbocycles. The summed E-state index contributed by atoms with van der Waals surface area (Å²) in [5, 5.41) is 1.49. The topological polar surface area (TPSA) is 9.23 Å². The molecule has 70 valence electrons. The van der Waals surface area contributed by atoms with Gasteiger partial charge in [0.2, 0.25) is 0 Å². The fourth-order valence-corrected chi connectivity index (χ4v) is 1.33. The highest BCUT2D eigenvalue weighted by atomic mass is 35.5. The van der Waals surface area contributed by atoms with E-state index in [4.69, 9.17) is 39.5 Å². The number of benzene rings is 1. The van der Waals surface area contributed by atoms with E-state index in [9.17, 15) is 0 Å². The largest absolute Gasteiger partial charge is 0.488 e. The maximum atomic E-state index is 5.75. The zero-order valence-electron chi connectivity index (χ0n) is 6.69. The van der Waals surface area contributed by atoms with Crippen LogP contribution in [0.25, 0.3) is 0 Å². The van der Waals surface area contributed by atoms with Gasteiger partial charge in [0.15, 0.2) is 0 Å². The average molecular weight is 238 g/mol. The first-order chi connectivity index (χ1) is 6.08. The van der Waals surface area contributed by atoms with Gasteiger partial charge in [0.1, 0.15) is 12.4 Å². The van der Waals surface area contributed by atoms with Crippen LogP contribution in [0.3, 0.4) is 0 Å². The molecule has 4 heteroatoms. The average Bonchev–Trinajstić information content (AvgIpc) is 1.99. The van der Waals surface area contributed by atoms with E-state index < -0.39 is 0 Å². The minimum atomic E-state index is 0.248. The minimum Gasteiger partial charge on any atom is -0.488 e. The summed E-state index contributed by atoms with van der Waals surface area (Å²) in [6, 6.07) is 4.95. The molecule has 1 nitrogen and oxygen atoms in total. The summed E-state index contributed by atoms with van der Waals surface area (Å²) in [6.45, 7) is 3.74. The summed E-state index contributed by atoms with van der Waals surface area (Å²) < 4.78 is 5.23. The Labute approximate surface area is 91.9 Å². The molecule has 1 aromatic rings. The van der Waals surface area contributed by atoms with Crippen molar-refractivity contribution in [3.63, 3.8) is 0 Å². The van der Waals surface area contributed by atoms with Gasteiger partial charge in [-0.1, -0.05) is 41.4 Å². The Morgan fingerprint density at radius 1 is 1.23 bits per heavy atom. The van der Waals surface area contributed by atoms with Crippen LogP contribution in [0.15, 0.2) is 29.8 Å². The second-order valence-corrected chi connectivity index (χ2v) is 3.82. The van der Waals surface area contributed by atoms with Gasteiger partial charge in [-0.3, -0.25) is 0 Å². The Morgan fingerprint density at radius 2 is 1.77 bits per heavy atom. The van der Waals surface area contributed by atoms with Crippen molar-refractivity contribution in [2.45, 2.75) is 0 Å². The molecule has 0 unspecified atom stereocenters. The van der Waals surface area contributed by atoms with E-state index in [1.165, 1.54) is 0 Å². The van der Waals surface area contributed by atoms with Gasteiger partial charge in [0.05, 0.1) is 0 Å². The van der Waals surface area contributed by atoms with E-state index in [1.807, 2.05) is 0 Å². The van der Waals surface area contributed by atoms with Crippen molar-refractivity contribution < 1.29 is 4.74 Å². The molecule has 0 N–H and O–H groups in total. The molecular weight excluding hydrogens is 230 g/mol. The van der Waals surface area contributed by atoms with Crippen LogP contribution < -0.4 is 4.74 Å². The third kappa shape index (κ3) is 3.90. The first kappa shape index (κ1) is 10.7. The Kier molecular flexibility index (Phi) is 3.91. The fourth-order valence-electron chi connectivity index (χ4n) is 0.774. The highest BCUT2D eigenvalue weighted by Gasteiger charge is 1.99. The molecule has 0 spiro atoms. The lowest BCUT2D eigenvalue weighted by Gasteiger charge is -2.05. The Bertz CT molecular complexity index is 302.